The molecule has 0 radical (unpaired) electrons. The topological polar surface area (TPSA) is 29.4 Å². The fraction of sp³-hybridized carbons (Fsp3) is 0.789. The van der Waals surface area contributed by atoms with Crippen LogP contribution in [-0.2, 0) is 4.79 Å². The van der Waals surface area contributed by atoms with Crippen molar-refractivity contribution in [3.63, 3.8) is 0 Å². The van der Waals surface area contributed by atoms with E-state index in [2.05, 4.69) is 46.5 Å². The quantitative estimate of drug-likeness (QED) is 0.518. The number of allylic oxidation sites excluding steroid dienone is 2. The predicted molar refractivity (Wildman–Crippen MR) is 93.8 cm³/mol. The summed E-state index contributed by atoms with van der Waals surface area (Å²) in [7, 11) is 0. The average Bonchev–Trinajstić information content (AvgIpc) is 2.40. The van der Waals surface area contributed by atoms with Crippen molar-refractivity contribution in [1.29, 1.82) is 0 Å². The Labute approximate surface area is 132 Å². The standard InChI is InChI=1S/C19H35NO/c1-9-11-12-17(16(5)20-14(3)10-2)13-18(21)15(4)19(6,7)8/h10,15,17H,9,11-13H2,1-8H3/b14-10-,20-16+. The first kappa shape index (κ1) is 20.1. The normalized spacial score (nSPS) is 16.8. The molecule has 21 heavy (non-hydrogen) atoms. The first-order valence-electron chi connectivity index (χ1n) is 8.34. The maximum absolute atomic E-state index is 12.6. The molecule has 0 N–H and O–H groups in total. The van der Waals surface area contributed by atoms with Gasteiger partial charge in [-0.3, -0.25) is 9.79 Å². The Kier molecular flexibility index (Phi) is 8.77. The highest BCUT2D eigenvalue weighted by molar-refractivity contribution is 5.91. The molecule has 0 aliphatic heterocycles. The third kappa shape index (κ3) is 7.59. The molecule has 0 heterocycles. The van der Waals surface area contributed by atoms with E-state index < -0.39 is 0 Å². The van der Waals surface area contributed by atoms with Gasteiger partial charge in [0.05, 0.1) is 0 Å². The molecule has 0 amide bonds. The van der Waals surface area contributed by atoms with Crippen LogP contribution in [0.1, 0.15) is 81.1 Å². The highest BCUT2D eigenvalue weighted by atomic mass is 16.1. The highest BCUT2D eigenvalue weighted by Gasteiger charge is 2.28. The number of hydrogen-bond acceptors (Lipinski definition) is 2. The molecule has 2 unspecified atom stereocenters. The van der Waals surface area contributed by atoms with Crippen molar-refractivity contribution in [2.24, 2.45) is 22.2 Å². The number of Topliss-reactive ketones (excluding diaryl/α,β-unsaturated/α-hetero) is 1. The van der Waals surface area contributed by atoms with E-state index >= 15 is 0 Å². The summed E-state index contributed by atoms with van der Waals surface area (Å²) in [6.45, 7) is 16.8. The minimum Gasteiger partial charge on any atom is -0.299 e. The Hall–Kier alpha value is -0.920. The van der Waals surface area contributed by atoms with Crippen LogP contribution in [0.2, 0.25) is 0 Å². The molecule has 0 saturated carbocycles. The van der Waals surface area contributed by atoms with Crippen LogP contribution >= 0.6 is 0 Å². The second-order valence-electron chi connectivity index (χ2n) is 7.28. The lowest BCUT2D eigenvalue weighted by molar-refractivity contribution is -0.125. The highest BCUT2D eigenvalue weighted by Crippen LogP contribution is 2.29. The summed E-state index contributed by atoms with van der Waals surface area (Å²) in [5.41, 5.74) is 2.18. The van der Waals surface area contributed by atoms with Gasteiger partial charge in [0.1, 0.15) is 5.78 Å². The van der Waals surface area contributed by atoms with Crippen LogP contribution < -0.4 is 0 Å². The smallest absolute Gasteiger partial charge is 0.136 e. The molecule has 0 aliphatic carbocycles. The van der Waals surface area contributed by atoms with Crippen molar-refractivity contribution >= 4 is 11.5 Å². The molecule has 2 heteroatoms. The molecule has 0 aromatic rings. The third-order valence-corrected chi connectivity index (χ3v) is 4.50. The molecule has 2 atom stereocenters. The maximum Gasteiger partial charge on any atom is 0.136 e. The van der Waals surface area contributed by atoms with E-state index in [0.29, 0.717) is 12.2 Å². The van der Waals surface area contributed by atoms with E-state index in [4.69, 9.17) is 0 Å². The Morgan fingerprint density at radius 1 is 1.24 bits per heavy atom. The zero-order valence-electron chi connectivity index (χ0n) is 15.4. The number of carbonyl (C=O) groups is 1. The van der Waals surface area contributed by atoms with E-state index in [-0.39, 0.29) is 17.3 Å². The van der Waals surface area contributed by atoms with Gasteiger partial charge in [0.25, 0.3) is 0 Å². The summed E-state index contributed by atoms with van der Waals surface area (Å²) in [4.78, 5) is 17.2. The van der Waals surface area contributed by atoms with Crippen LogP contribution in [0.5, 0.6) is 0 Å². The van der Waals surface area contributed by atoms with E-state index in [1.807, 2.05) is 19.9 Å². The minimum absolute atomic E-state index is 0.0384. The van der Waals surface area contributed by atoms with Gasteiger partial charge in [-0.25, -0.2) is 0 Å². The van der Waals surface area contributed by atoms with Gasteiger partial charge in [-0.15, -0.1) is 0 Å². The van der Waals surface area contributed by atoms with Crippen molar-refractivity contribution in [3.05, 3.63) is 11.8 Å². The lowest BCUT2D eigenvalue weighted by Gasteiger charge is -2.27. The zero-order chi connectivity index (χ0) is 16.6. The number of nitrogens with zero attached hydrogens (tertiary/aromatic N) is 1. The predicted octanol–water partition coefficient (Wildman–Crippen LogP) is 5.82. The second kappa shape index (κ2) is 9.17. The summed E-state index contributed by atoms with van der Waals surface area (Å²) in [5, 5.41) is 0. The molecule has 0 aromatic heterocycles. The van der Waals surface area contributed by atoms with Crippen molar-refractivity contribution < 1.29 is 4.79 Å². The van der Waals surface area contributed by atoms with E-state index in [9.17, 15) is 4.79 Å². The summed E-state index contributed by atoms with van der Waals surface area (Å²) < 4.78 is 0. The van der Waals surface area contributed by atoms with Crippen molar-refractivity contribution in [3.8, 4) is 0 Å². The molecule has 0 aliphatic rings. The third-order valence-electron chi connectivity index (χ3n) is 4.50. The van der Waals surface area contributed by atoms with Gasteiger partial charge in [0.15, 0.2) is 0 Å². The Morgan fingerprint density at radius 2 is 1.81 bits per heavy atom. The number of unbranched alkanes of at least 4 members (excludes halogenated alkanes) is 1. The molecule has 0 spiro atoms. The monoisotopic (exact) mass is 293 g/mol. The van der Waals surface area contributed by atoms with Gasteiger partial charge in [0.2, 0.25) is 0 Å². The summed E-state index contributed by atoms with van der Waals surface area (Å²) in [6, 6.07) is 0. The fourth-order valence-corrected chi connectivity index (χ4v) is 2.25. The lowest BCUT2D eigenvalue weighted by atomic mass is 9.76. The van der Waals surface area contributed by atoms with Gasteiger partial charge < -0.3 is 0 Å². The first-order chi connectivity index (χ1) is 9.63. The number of rotatable bonds is 8. The first-order valence-corrected chi connectivity index (χ1v) is 8.34. The van der Waals surface area contributed by atoms with Gasteiger partial charge in [-0.1, -0.05) is 53.5 Å². The van der Waals surface area contributed by atoms with Crippen LogP contribution in [0.15, 0.2) is 16.8 Å². The molecule has 0 rings (SSSR count). The SMILES string of the molecule is C/C=C(C)\N=C(/C)C(CCCC)CC(=O)C(C)C(C)(C)C. The summed E-state index contributed by atoms with van der Waals surface area (Å²) in [5.74, 6) is 0.755. The number of aliphatic imine (C=N–C) groups is 1. The number of ketones is 1. The van der Waals surface area contributed by atoms with Crippen molar-refractivity contribution in [2.75, 3.05) is 0 Å². The summed E-state index contributed by atoms with van der Waals surface area (Å²) in [6.07, 6.45) is 6.02. The molecule has 0 aromatic carbocycles. The zero-order valence-corrected chi connectivity index (χ0v) is 15.4. The number of hydrogen-bond donors (Lipinski definition) is 0. The van der Waals surface area contributed by atoms with Gasteiger partial charge in [-0.2, -0.15) is 0 Å². The average molecular weight is 293 g/mol. The van der Waals surface area contributed by atoms with Gasteiger partial charge in [0, 0.05) is 29.7 Å². The molecule has 0 fully saturated rings. The Morgan fingerprint density at radius 3 is 2.24 bits per heavy atom. The van der Waals surface area contributed by atoms with E-state index in [1.54, 1.807) is 0 Å². The summed E-state index contributed by atoms with van der Waals surface area (Å²) >= 11 is 0. The van der Waals surface area contributed by atoms with Crippen LogP contribution in [0, 0.1) is 17.3 Å². The molecular formula is C19H35NO. The Balaban J connectivity index is 5.01. The van der Waals surface area contributed by atoms with Gasteiger partial charge >= 0.3 is 0 Å². The number of carbonyl (C=O) groups excluding carboxylic acids is 1. The van der Waals surface area contributed by atoms with Crippen LogP contribution in [0.3, 0.4) is 0 Å². The maximum atomic E-state index is 12.6. The van der Waals surface area contributed by atoms with E-state index in [1.165, 1.54) is 0 Å². The minimum atomic E-state index is 0.0384. The van der Waals surface area contributed by atoms with Crippen LogP contribution in [0.4, 0.5) is 0 Å². The molecular weight excluding hydrogens is 258 g/mol. The van der Waals surface area contributed by atoms with Crippen molar-refractivity contribution in [1.82, 2.24) is 0 Å². The van der Waals surface area contributed by atoms with E-state index in [0.717, 1.165) is 30.7 Å². The fourth-order valence-electron chi connectivity index (χ4n) is 2.25. The molecule has 0 saturated heterocycles. The molecule has 0 bridgehead atoms. The second-order valence-corrected chi connectivity index (χ2v) is 7.28. The molecule has 2 nitrogen and oxygen atoms in total. The van der Waals surface area contributed by atoms with Crippen LogP contribution in [0.25, 0.3) is 0 Å². The molecule has 122 valence electrons. The largest absolute Gasteiger partial charge is 0.299 e. The van der Waals surface area contributed by atoms with Gasteiger partial charge in [-0.05, 0) is 32.6 Å². The Bertz CT molecular complexity index is 385. The van der Waals surface area contributed by atoms with Crippen LogP contribution in [-0.4, -0.2) is 11.5 Å². The van der Waals surface area contributed by atoms with Crippen molar-refractivity contribution in [2.45, 2.75) is 81.1 Å². The lowest BCUT2D eigenvalue weighted by Crippen LogP contribution is -2.29.